The average molecular weight is 292 g/mol. The Morgan fingerprint density at radius 1 is 1.43 bits per heavy atom. The lowest BCUT2D eigenvalue weighted by Crippen LogP contribution is -2.38. The van der Waals surface area contributed by atoms with Gasteiger partial charge in [-0.25, -0.2) is 0 Å². The molecule has 21 heavy (non-hydrogen) atoms. The lowest BCUT2D eigenvalue weighted by molar-refractivity contribution is -0.122. The first-order valence-electron chi connectivity index (χ1n) is 7.45. The number of primary amides is 1. The minimum Gasteiger partial charge on any atom is -0.497 e. The minimum atomic E-state index is -0.561. The van der Waals surface area contributed by atoms with Crippen LogP contribution in [0, 0.1) is 5.92 Å². The van der Waals surface area contributed by atoms with Gasteiger partial charge in [-0.15, -0.1) is 0 Å². The Morgan fingerprint density at radius 2 is 2.14 bits per heavy atom. The molecular formula is C16H24N2O3. The van der Waals surface area contributed by atoms with Crippen molar-refractivity contribution in [2.24, 2.45) is 11.7 Å². The number of amides is 1. The predicted molar refractivity (Wildman–Crippen MR) is 80.9 cm³/mol. The molecule has 0 bridgehead atoms. The van der Waals surface area contributed by atoms with Gasteiger partial charge in [0, 0.05) is 18.5 Å². The molecule has 0 aliphatic heterocycles. The summed E-state index contributed by atoms with van der Waals surface area (Å²) < 4.78 is 5.16. The van der Waals surface area contributed by atoms with Crippen molar-refractivity contribution in [2.75, 3.05) is 13.7 Å². The third-order valence-corrected chi connectivity index (χ3v) is 4.21. The van der Waals surface area contributed by atoms with E-state index in [0.717, 1.165) is 37.0 Å². The van der Waals surface area contributed by atoms with Crippen molar-refractivity contribution in [1.29, 1.82) is 0 Å². The van der Waals surface area contributed by atoms with Crippen molar-refractivity contribution < 1.29 is 14.6 Å². The van der Waals surface area contributed by atoms with Crippen LogP contribution >= 0.6 is 0 Å². The Balaban J connectivity index is 1.79. The zero-order valence-electron chi connectivity index (χ0n) is 12.4. The van der Waals surface area contributed by atoms with Crippen molar-refractivity contribution in [1.82, 2.24) is 5.32 Å². The van der Waals surface area contributed by atoms with Gasteiger partial charge in [0.15, 0.2) is 0 Å². The normalized spacial score (nSPS) is 23.5. The van der Waals surface area contributed by atoms with Gasteiger partial charge in [0.1, 0.15) is 5.75 Å². The third-order valence-electron chi connectivity index (χ3n) is 4.21. The lowest BCUT2D eigenvalue weighted by Gasteiger charge is -2.28. The van der Waals surface area contributed by atoms with Crippen molar-refractivity contribution >= 4 is 5.91 Å². The van der Waals surface area contributed by atoms with Gasteiger partial charge in [-0.2, -0.15) is 0 Å². The van der Waals surface area contributed by atoms with Crippen LogP contribution in [0.4, 0.5) is 0 Å². The molecule has 5 nitrogen and oxygen atoms in total. The molecule has 5 heteroatoms. The number of nitrogens with two attached hydrogens (primary N) is 1. The second-order valence-electron chi connectivity index (χ2n) is 5.65. The number of aliphatic hydroxyl groups excluding tert-OH is 1. The summed E-state index contributed by atoms with van der Waals surface area (Å²) in [6.45, 7) is 0.499. The first-order valence-corrected chi connectivity index (χ1v) is 7.45. The molecule has 1 saturated carbocycles. The standard InChI is InChI=1S/C16H24N2O3/c1-21-14-4-2-3-12(9-14)15(19)10-18-13-7-5-11(6-8-13)16(17)20/h2-4,9,11,13,15,18-19H,5-8,10H2,1H3,(H2,17,20). The van der Waals surface area contributed by atoms with E-state index >= 15 is 0 Å². The zero-order valence-corrected chi connectivity index (χ0v) is 12.4. The van der Waals surface area contributed by atoms with Crippen LogP contribution < -0.4 is 15.8 Å². The van der Waals surface area contributed by atoms with Crippen LogP contribution in [0.25, 0.3) is 0 Å². The molecule has 1 amide bonds. The second-order valence-corrected chi connectivity index (χ2v) is 5.65. The van der Waals surface area contributed by atoms with Gasteiger partial charge < -0.3 is 20.9 Å². The lowest BCUT2D eigenvalue weighted by atomic mass is 9.85. The number of benzene rings is 1. The van der Waals surface area contributed by atoms with E-state index in [9.17, 15) is 9.90 Å². The minimum absolute atomic E-state index is 0.0198. The molecule has 0 aromatic heterocycles. The highest BCUT2D eigenvalue weighted by Crippen LogP contribution is 2.24. The van der Waals surface area contributed by atoms with E-state index in [1.54, 1.807) is 7.11 Å². The summed E-state index contributed by atoms with van der Waals surface area (Å²) in [5.74, 6) is 0.574. The smallest absolute Gasteiger partial charge is 0.220 e. The van der Waals surface area contributed by atoms with Crippen LogP contribution in [-0.2, 0) is 4.79 Å². The number of carbonyl (C=O) groups excluding carboxylic acids is 1. The van der Waals surface area contributed by atoms with Gasteiger partial charge in [0.05, 0.1) is 13.2 Å². The Morgan fingerprint density at radius 3 is 2.76 bits per heavy atom. The molecule has 0 radical (unpaired) electrons. The van der Waals surface area contributed by atoms with Crippen molar-refractivity contribution in [2.45, 2.75) is 37.8 Å². The molecule has 4 N–H and O–H groups in total. The highest BCUT2D eigenvalue weighted by Gasteiger charge is 2.24. The summed E-state index contributed by atoms with van der Waals surface area (Å²) in [5.41, 5.74) is 6.17. The molecule has 1 fully saturated rings. The molecular weight excluding hydrogens is 268 g/mol. The fraction of sp³-hybridized carbons (Fsp3) is 0.562. The van der Waals surface area contributed by atoms with E-state index < -0.39 is 6.10 Å². The van der Waals surface area contributed by atoms with Crippen LogP contribution in [0.3, 0.4) is 0 Å². The predicted octanol–water partition coefficient (Wildman–Crippen LogP) is 1.36. The fourth-order valence-electron chi connectivity index (χ4n) is 2.83. The summed E-state index contributed by atoms with van der Waals surface area (Å²) >= 11 is 0. The molecule has 1 unspecified atom stereocenters. The summed E-state index contributed by atoms with van der Waals surface area (Å²) in [4.78, 5) is 11.1. The molecule has 0 heterocycles. The summed E-state index contributed by atoms with van der Waals surface area (Å²) in [5, 5.41) is 13.6. The van der Waals surface area contributed by atoms with E-state index in [1.165, 1.54) is 0 Å². The number of rotatable bonds is 6. The fourth-order valence-corrected chi connectivity index (χ4v) is 2.83. The number of methoxy groups -OCH3 is 1. The second kappa shape index (κ2) is 7.43. The van der Waals surface area contributed by atoms with E-state index in [2.05, 4.69) is 5.32 Å². The van der Waals surface area contributed by atoms with E-state index in [-0.39, 0.29) is 11.8 Å². The molecule has 0 saturated heterocycles. The Kier molecular flexibility index (Phi) is 5.59. The quantitative estimate of drug-likeness (QED) is 0.739. The summed E-state index contributed by atoms with van der Waals surface area (Å²) in [6.07, 6.45) is 2.97. The molecule has 1 aromatic carbocycles. The monoisotopic (exact) mass is 292 g/mol. The topological polar surface area (TPSA) is 84.6 Å². The van der Waals surface area contributed by atoms with Gasteiger partial charge in [0.25, 0.3) is 0 Å². The maximum Gasteiger partial charge on any atom is 0.220 e. The molecule has 1 aromatic rings. The molecule has 0 spiro atoms. The zero-order chi connectivity index (χ0) is 15.2. The van der Waals surface area contributed by atoms with Crippen LogP contribution in [-0.4, -0.2) is 30.7 Å². The average Bonchev–Trinajstić information content (AvgIpc) is 2.53. The van der Waals surface area contributed by atoms with Crippen molar-refractivity contribution in [3.05, 3.63) is 29.8 Å². The molecule has 116 valence electrons. The van der Waals surface area contributed by atoms with E-state index in [4.69, 9.17) is 10.5 Å². The van der Waals surface area contributed by atoms with Gasteiger partial charge in [0.2, 0.25) is 5.91 Å². The molecule has 1 aliphatic carbocycles. The first kappa shape index (κ1) is 15.8. The molecule has 1 aliphatic rings. The Labute approximate surface area is 125 Å². The van der Waals surface area contributed by atoms with E-state index in [1.807, 2.05) is 24.3 Å². The van der Waals surface area contributed by atoms with Crippen molar-refractivity contribution in [3.8, 4) is 5.75 Å². The maximum absolute atomic E-state index is 11.1. The summed E-state index contributed by atoms with van der Waals surface area (Å²) in [7, 11) is 1.61. The van der Waals surface area contributed by atoms with Crippen LogP contribution in [0.2, 0.25) is 0 Å². The molecule has 2 rings (SSSR count). The number of hydrogen-bond donors (Lipinski definition) is 3. The van der Waals surface area contributed by atoms with Crippen LogP contribution in [0.1, 0.15) is 37.4 Å². The third kappa shape index (κ3) is 4.44. The largest absolute Gasteiger partial charge is 0.497 e. The maximum atomic E-state index is 11.1. The first-order chi connectivity index (χ1) is 10.1. The SMILES string of the molecule is COc1cccc(C(O)CNC2CCC(C(N)=O)CC2)c1. The highest BCUT2D eigenvalue weighted by molar-refractivity contribution is 5.76. The van der Waals surface area contributed by atoms with Gasteiger partial charge in [-0.1, -0.05) is 12.1 Å². The summed E-state index contributed by atoms with van der Waals surface area (Å²) in [6, 6.07) is 7.81. The van der Waals surface area contributed by atoms with Gasteiger partial charge >= 0.3 is 0 Å². The molecule has 1 atom stereocenters. The number of hydrogen-bond acceptors (Lipinski definition) is 4. The van der Waals surface area contributed by atoms with Gasteiger partial charge in [-0.3, -0.25) is 4.79 Å². The number of ether oxygens (including phenoxy) is 1. The van der Waals surface area contributed by atoms with Gasteiger partial charge in [-0.05, 0) is 43.4 Å². The number of carbonyl (C=O) groups is 1. The van der Waals surface area contributed by atoms with Crippen molar-refractivity contribution in [3.63, 3.8) is 0 Å². The highest BCUT2D eigenvalue weighted by atomic mass is 16.5. The number of nitrogens with one attached hydrogen (secondary N) is 1. The Hall–Kier alpha value is -1.59. The number of aliphatic hydroxyl groups is 1. The van der Waals surface area contributed by atoms with Crippen LogP contribution in [0.15, 0.2) is 24.3 Å². The van der Waals surface area contributed by atoms with E-state index in [0.29, 0.717) is 12.6 Å². The Bertz CT molecular complexity index is 470. The van der Waals surface area contributed by atoms with Crippen LogP contribution in [0.5, 0.6) is 5.75 Å².